The van der Waals surface area contributed by atoms with Crippen molar-refractivity contribution < 1.29 is 0 Å². The molecule has 0 aliphatic carbocycles. The molecule has 0 atom stereocenters. The Bertz CT molecular complexity index is 507. The molecule has 0 aliphatic rings. The van der Waals surface area contributed by atoms with Crippen LogP contribution in [0, 0.1) is 3.57 Å². The Labute approximate surface area is 115 Å². The molecule has 1 aromatic carbocycles. The van der Waals surface area contributed by atoms with Crippen molar-refractivity contribution in [2.75, 3.05) is 11.9 Å². The molecular weight excluding hydrogens is 327 g/mol. The first kappa shape index (κ1) is 12.3. The van der Waals surface area contributed by atoms with Gasteiger partial charge in [0.25, 0.3) is 0 Å². The number of hydrogen-bond donors (Lipinski definition) is 1. The summed E-state index contributed by atoms with van der Waals surface area (Å²) in [5.74, 6) is 1.76. The predicted molar refractivity (Wildman–Crippen MR) is 78.0 cm³/mol. The number of nitrogens with zero attached hydrogens (tertiary/aromatic N) is 3. The Hall–Kier alpha value is -1.11. The van der Waals surface area contributed by atoms with Gasteiger partial charge in [0.05, 0.1) is 0 Å². The maximum Gasteiger partial charge on any atom is 0.224 e. The van der Waals surface area contributed by atoms with Crippen molar-refractivity contribution in [1.82, 2.24) is 14.8 Å². The lowest BCUT2D eigenvalue weighted by Gasteiger charge is -2.08. The lowest BCUT2D eigenvalue weighted by molar-refractivity contribution is 0.770. The Morgan fingerprint density at radius 3 is 2.76 bits per heavy atom. The molecule has 4 nitrogen and oxygen atoms in total. The topological polar surface area (TPSA) is 42.7 Å². The highest BCUT2D eigenvalue weighted by atomic mass is 127. The second-order valence-corrected chi connectivity index (χ2v) is 4.88. The summed E-state index contributed by atoms with van der Waals surface area (Å²) >= 11 is 2.31. The molecule has 90 valence electrons. The van der Waals surface area contributed by atoms with Crippen LogP contribution < -0.4 is 5.32 Å². The number of benzene rings is 1. The molecule has 0 spiro atoms. The van der Waals surface area contributed by atoms with E-state index in [4.69, 9.17) is 0 Å². The maximum atomic E-state index is 4.26. The van der Waals surface area contributed by atoms with Gasteiger partial charge in [-0.1, -0.05) is 12.1 Å². The van der Waals surface area contributed by atoms with Crippen LogP contribution in [0.1, 0.15) is 13.8 Å². The zero-order valence-corrected chi connectivity index (χ0v) is 12.1. The molecule has 0 amide bonds. The van der Waals surface area contributed by atoms with Crippen LogP contribution in [0.4, 0.5) is 5.95 Å². The van der Waals surface area contributed by atoms with Gasteiger partial charge in [-0.25, -0.2) is 0 Å². The largest absolute Gasteiger partial charge is 0.355 e. The van der Waals surface area contributed by atoms with Crippen LogP contribution in [0.15, 0.2) is 24.3 Å². The Balaban J connectivity index is 2.45. The van der Waals surface area contributed by atoms with Crippen LogP contribution in [-0.2, 0) is 6.54 Å². The molecule has 2 aromatic rings. The van der Waals surface area contributed by atoms with Crippen LogP contribution in [0.2, 0.25) is 0 Å². The third-order valence-corrected chi connectivity index (χ3v) is 3.16. The van der Waals surface area contributed by atoms with Gasteiger partial charge in [-0.05, 0) is 48.6 Å². The Morgan fingerprint density at radius 2 is 2.12 bits per heavy atom. The highest BCUT2D eigenvalue weighted by molar-refractivity contribution is 14.1. The highest BCUT2D eigenvalue weighted by Crippen LogP contribution is 2.22. The summed E-state index contributed by atoms with van der Waals surface area (Å²) in [5.41, 5.74) is 1.11. The molecule has 2 rings (SSSR count). The van der Waals surface area contributed by atoms with Gasteiger partial charge < -0.3 is 5.32 Å². The van der Waals surface area contributed by atoms with E-state index >= 15 is 0 Å². The molecule has 1 heterocycles. The normalized spacial score (nSPS) is 10.5. The van der Waals surface area contributed by atoms with E-state index in [1.165, 1.54) is 3.57 Å². The van der Waals surface area contributed by atoms with E-state index in [-0.39, 0.29) is 0 Å². The summed E-state index contributed by atoms with van der Waals surface area (Å²) < 4.78 is 3.30. The molecule has 0 unspecified atom stereocenters. The number of aromatic nitrogens is 3. The molecule has 1 N–H and O–H groups in total. The van der Waals surface area contributed by atoms with Crippen molar-refractivity contribution >= 4 is 28.5 Å². The third kappa shape index (κ3) is 2.59. The lowest BCUT2D eigenvalue weighted by atomic mass is 10.2. The van der Waals surface area contributed by atoms with E-state index in [2.05, 4.69) is 74.7 Å². The lowest BCUT2D eigenvalue weighted by Crippen LogP contribution is -2.06. The molecule has 0 bridgehead atoms. The maximum absolute atomic E-state index is 4.26. The van der Waals surface area contributed by atoms with E-state index < -0.39 is 0 Å². The van der Waals surface area contributed by atoms with Gasteiger partial charge >= 0.3 is 0 Å². The second-order valence-electron chi connectivity index (χ2n) is 3.63. The minimum atomic E-state index is 0.837. The average molecular weight is 342 g/mol. The van der Waals surface area contributed by atoms with Crippen LogP contribution in [0.5, 0.6) is 0 Å². The van der Waals surface area contributed by atoms with Gasteiger partial charge in [0, 0.05) is 22.2 Å². The molecule has 0 fully saturated rings. The first-order chi connectivity index (χ1) is 8.26. The summed E-state index contributed by atoms with van der Waals surface area (Å²) in [5, 5.41) is 11.7. The Kier molecular flexibility index (Phi) is 3.98. The molecule has 5 heteroatoms. The average Bonchev–Trinajstić information content (AvgIpc) is 2.72. The molecule has 0 saturated carbocycles. The number of anilines is 1. The van der Waals surface area contributed by atoms with E-state index in [0.29, 0.717) is 0 Å². The highest BCUT2D eigenvalue weighted by Gasteiger charge is 2.11. The minimum Gasteiger partial charge on any atom is -0.355 e. The summed E-state index contributed by atoms with van der Waals surface area (Å²) in [6.07, 6.45) is 0. The van der Waals surface area contributed by atoms with Gasteiger partial charge in [0.2, 0.25) is 5.95 Å². The predicted octanol–water partition coefficient (Wildman–Crippen LogP) is 3.00. The number of nitrogens with one attached hydrogen (secondary N) is 1. The number of halogens is 1. The summed E-state index contributed by atoms with van der Waals surface area (Å²) in [7, 11) is 0. The summed E-state index contributed by atoms with van der Waals surface area (Å²) in [6.45, 7) is 5.86. The van der Waals surface area contributed by atoms with Crippen molar-refractivity contribution in [2.45, 2.75) is 20.4 Å². The monoisotopic (exact) mass is 342 g/mol. The Morgan fingerprint density at radius 1 is 1.29 bits per heavy atom. The molecule has 0 saturated heterocycles. The summed E-state index contributed by atoms with van der Waals surface area (Å²) in [6, 6.07) is 8.29. The van der Waals surface area contributed by atoms with Crippen molar-refractivity contribution in [3.05, 3.63) is 27.8 Å². The number of hydrogen-bond acceptors (Lipinski definition) is 3. The SMILES string of the molecule is CCNc1nnc(-c2cccc(I)c2)n1CC. The van der Waals surface area contributed by atoms with Crippen LogP contribution in [0.3, 0.4) is 0 Å². The van der Waals surface area contributed by atoms with Crippen molar-refractivity contribution in [2.24, 2.45) is 0 Å². The molecular formula is C12H15IN4. The fraction of sp³-hybridized carbons (Fsp3) is 0.333. The van der Waals surface area contributed by atoms with Crippen LogP contribution in [-0.4, -0.2) is 21.3 Å². The van der Waals surface area contributed by atoms with E-state index in [1.54, 1.807) is 0 Å². The fourth-order valence-electron chi connectivity index (χ4n) is 1.73. The van der Waals surface area contributed by atoms with E-state index in [1.807, 2.05) is 6.07 Å². The molecule has 17 heavy (non-hydrogen) atoms. The van der Waals surface area contributed by atoms with Gasteiger partial charge in [0.15, 0.2) is 5.82 Å². The van der Waals surface area contributed by atoms with Gasteiger partial charge in [0.1, 0.15) is 0 Å². The number of rotatable bonds is 4. The van der Waals surface area contributed by atoms with Gasteiger partial charge in [-0.3, -0.25) is 4.57 Å². The fourth-order valence-corrected chi connectivity index (χ4v) is 2.28. The zero-order chi connectivity index (χ0) is 12.3. The molecule has 0 aliphatic heterocycles. The van der Waals surface area contributed by atoms with Crippen molar-refractivity contribution in [1.29, 1.82) is 0 Å². The second kappa shape index (κ2) is 5.48. The molecule has 0 radical (unpaired) electrons. The van der Waals surface area contributed by atoms with Crippen LogP contribution in [0.25, 0.3) is 11.4 Å². The summed E-state index contributed by atoms with van der Waals surface area (Å²) in [4.78, 5) is 0. The van der Waals surface area contributed by atoms with E-state index in [0.717, 1.165) is 30.4 Å². The van der Waals surface area contributed by atoms with Crippen molar-refractivity contribution in [3.8, 4) is 11.4 Å². The molecule has 1 aromatic heterocycles. The van der Waals surface area contributed by atoms with E-state index in [9.17, 15) is 0 Å². The quantitative estimate of drug-likeness (QED) is 0.869. The van der Waals surface area contributed by atoms with Crippen molar-refractivity contribution in [3.63, 3.8) is 0 Å². The first-order valence-corrected chi connectivity index (χ1v) is 6.77. The van der Waals surface area contributed by atoms with Gasteiger partial charge in [-0.2, -0.15) is 0 Å². The first-order valence-electron chi connectivity index (χ1n) is 5.69. The standard InChI is InChI=1S/C12H15IN4/c1-3-14-12-16-15-11(17(12)4-2)9-6-5-7-10(13)8-9/h5-8H,3-4H2,1-2H3,(H,14,16). The van der Waals surface area contributed by atoms with Crippen LogP contribution >= 0.6 is 22.6 Å². The third-order valence-electron chi connectivity index (χ3n) is 2.48. The minimum absolute atomic E-state index is 0.837. The zero-order valence-electron chi connectivity index (χ0n) is 9.94. The van der Waals surface area contributed by atoms with Gasteiger partial charge in [-0.15, -0.1) is 10.2 Å². The smallest absolute Gasteiger partial charge is 0.224 e.